The highest BCUT2D eigenvalue weighted by Gasteiger charge is 2.00. The van der Waals surface area contributed by atoms with E-state index in [1.54, 1.807) is 11.8 Å². The molecule has 4 heteroatoms. The fraction of sp³-hybridized carbons (Fsp3) is 0.455. The van der Waals surface area contributed by atoms with Gasteiger partial charge in [-0.2, -0.15) is 0 Å². The average molecular weight is 227 g/mol. The topological polar surface area (TPSA) is 52.5 Å². The quantitative estimate of drug-likeness (QED) is 0.631. The first-order valence-electron chi connectivity index (χ1n) is 4.89. The van der Waals surface area contributed by atoms with Gasteiger partial charge in [0.25, 0.3) is 0 Å². The highest BCUT2D eigenvalue weighted by atomic mass is 32.2. The first-order chi connectivity index (χ1) is 7.26. The predicted molar refractivity (Wildman–Crippen MR) is 63.0 cm³/mol. The number of hydrogen-bond acceptors (Lipinski definition) is 4. The van der Waals surface area contributed by atoms with Crippen molar-refractivity contribution in [2.75, 3.05) is 19.4 Å². The molecule has 0 bridgehead atoms. The molecule has 0 saturated heterocycles. The van der Waals surface area contributed by atoms with Crippen molar-refractivity contribution in [2.24, 2.45) is 0 Å². The Morgan fingerprint density at radius 2 is 2.00 bits per heavy atom. The minimum atomic E-state index is -0.671. The van der Waals surface area contributed by atoms with Crippen molar-refractivity contribution in [1.29, 1.82) is 0 Å². The molecular formula is C11H17NO2S. The molecule has 0 aliphatic carbocycles. The van der Waals surface area contributed by atoms with E-state index < -0.39 is 6.10 Å². The van der Waals surface area contributed by atoms with Crippen LogP contribution in [0.5, 0.6) is 0 Å². The van der Waals surface area contributed by atoms with Gasteiger partial charge in [-0.1, -0.05) is 12.1 Å². The van der Waals surface area contributed by atoms with Crippen molar-refractivity contribution in [3.63, 3.8) is 0 Å². The van der Waals surface area contributed by atoms with E-state index in [4.69, 9.17) is 10.2 Å². The van der Waals surface area contributed by atoms with Gasteiger partial charge in [0.15, 0.2) is 0 Å². The fourth-order valence-electron chi connectivity index (χ4n) is 1.19. The van der Waals surface area contributed by atoms with Crippen LogP contribution in [0.4, 0.5) is 0 Å². The zero-order chi connectivity index (χ0) is 11.1. The third-order valence-corrected chi connectivity index (χ3v) is 2.82. The van der Waals surface area contributed by atoms with E-state index in [1.165, 1.54) is 10.5 Å². The van der Waals surface area contributed by atoms with Crippen molar-refractivity contribution in [3.8, 4) is 0 Å². The maximum absolute atomic E-state index is 9.10. The summed E-state index contributed by atoms with van der Waals surface area (Å²) in [4.78, 5) is 1.24. The Hall–Kier alpha value is -0.550. The Morgan fingerprint density at radius 3 is 2.53 bits per heavy atom. The van der Waals surface area contributed by atoms with Gasteiger partial charge in [0.1, 0.15) is 0 Å². The summed E-state index contributed by atoms with van der Waals surface area (Å²) in [6.07, 6.45) is 1.38. The summed E-state index contributed by atoms with van der Waals surface area (Å²) in [6.45, 7) is 0.935. The summed E-state index contributed by atoms with van der Waals surface area (Å²) >= 11 is 1.72. The second-order valence-corrected chi connectivity index (χ2v) is 4.20. The minimum Gasteiger partial charge on any atom is -0.394 e. The molecule has 0 aliphatic rings. The molecule has 0 radical (unpaired) electrons. The van der Waals surface area contributed by atoms with E-state index in [2.05, 4.69) is 29.6 Å². The van der Waals surface area contributed by atoms with Crippen LogP contribution in [0, 0.1) is 0 Å². The lowest BCUT2D eigenvalue weighted by molar-refractivity contribution is 0.0942. The van der Waals surface area contributed by atoms with Gasteiger partial charge in [-0.25, -0.2) is 0 Å². The van der Waals surface area contributed by atoms with Gasteiger partial charge in [0.2, 0.25) is 0 Å². The van der Waals surface area contributed by atoms with Crippen LogP contribution in [-0.2, 0) is 6.54 Å². The number of benzene rings is 1. The van der Waals surface area contributed by atoms with Crippen LogP contribution in [0.25, 0.3) is 0 Å². The van der Waals surface area contributed by atoms with Gasteiger partial charge >= 0.3 is 0 Å². The summed E-state index contributed by atoms with van der Waals surface area (Å²) in [6, 6.07) is 8.27. The fourth-order valence-corrected chi connectivity index (χ4v) is 1.60. The zero-order valence-corrected chi connectivity index (χ0v) is 9.63. The Kier molecular flexibility index (Phi) is 5.71. The van der Waals surface area contributed by atoms with Crippen molar-refractivity contribution >= 4 is 11.8 Å². The summed E-state index contributed by atoms with van der Waals surface area (Å²) in [5.41, 5.74) is 1.18. The number of rotatable bonds is 6. The minimum absolute atomic E-state index is 0.196. The summed E-state index contributed by atoms with van der Waals surface area (Å²) in [5, 5.41) is 20.8. The van der Waals surface area contributed by atoms with Crippen LogP contribution >= 0.6 is 11.8 Å². The summed E-state index contributed by atoms with van der Waals surface area (Å²) < 4.78 is 0. The van der Waals surface area contributed by atoms with Crippen LogP contribution in [0.2, 0.25) is 0 Å². The molecule has 84 valence electrons. The van der Waals surface area contributed by atoms with Crippen LogP contribution in [0.1, 0.15) is 5.56 Å². The number of hydrogen-bond donors (Lipinski definition) is 3. The van der Waals surface area contributed by atoms with Gasteiger partial charge in [-0.3, -0.25) is 0 Å². The van der Waals surface area contributed by atoms with Crippen molar-refractivity contribution in [3.05, 3.63) is 29.8 Å². The molecule has 0 heterocycles. The number of aliphatic hydroxyl groups is 2. The molecular weight excluding hydrogens is 210 g/mol. The maximum atomic E-state index is 9.10. The van der Waals surface area contributed by atoms with Gasteiger partial charge in [-0.15, -0.1) is 11.8 Å². The molecule has 0 fully saturated rings. The predicted octanol–water partition coefficient (Wildman–Crippen LogP) is 0.851. The first kappa shape index (κ1) is 12.5. The van der Waals surface area contributed by atoms with Crippen molar-refractivity contribution in [2.45, 2.75) is 17.5 Å². The number of aliphatic hydroxyl groups excluding tert-OH is 2. The smallest absolute Gasteiger partial charge is 0.0895 e. The SMILES string of the molecule is CSc1ccc(CNCC(O)CO)cc1. The Balaban J connectivity index is 2.31. The molecule has 0 aromatic heterocycles. The maximum Gasteiger partial charge on any atom is 0.0895 e. The van der Waals surface area contributed by atoms with E-state index in [1.807, 2.05) is 6.26 Å². The molecule has 1 unspecified atom stereocenters. The Morgan fingerprint density at radius 1 is 1.33 bits per heavy atom. The standard InChI is InChI=1S/C11H17NO2S/c1-15-11-4-2-9(3-5-11)6-12-7-10(14)8-13/h2-5,10,12-14H,6-8H2,1H3. The lowest BCUT2D eigenvalue weighted by Crippen LogP contribution is -2.28. The van der Waals surface area contributed by atoms with E-state index in [0.717, 1.165) is 0 Å². The average Bonchev–Trinajstić information content (AvgIpc) is 2.29. The van der Waals surface area contributed by atoms with Gasteiger partial charge < -0.3 is 15.5 Å². The van der Waals surface area contributed by atoms with E-state index in [9.17, 15) is 0 Å². The normalized spacial score (nSPS) is 12.7. The van der Waals surface area contributed by atoms with Crippen LogP contribution in [-0.4, -0.2) is 35.7 Å². The largest absolute Gasteiger partial charge is 0.394 e. The third kappa shape index (κ3) is 4.66. The second-order valence-electron chi connectivity index (χ2n) is 3.32. The number of thioether (sulfide) groups is 1. The van der Waals surface area contributed by atoms with Crippen LogP contribution in [0.3, 0.4) is 0 Å². The molecule has 1 aromatic rings. The summed E-state index contributed by atoms with van der Waals surface area (Å²) in [5.74, 6) is 0. The zero-order valence-electron chi connectivity index (χ0n) is 8.81. The molecule has 0 saturated carbocycles. The molecule has 0 aliphatic heterocycles. The van der Waals surface area contributed by atoms with E-state index in [-0.39, 0.29) is 6.61 Å². The van der Waals surface area contributed by atoms with Crippen molar-refractivity contribution in [1.82, 2.24) is 5.32 Å². The highest BCUT2D eigenvalue weighted by molar-refractivity contribution is 7.98. The Labute approximate surface area is 94.5 Å². The van der Waals surface area contributed by atoms with Crippen molar-refractivity contribution < 1.29 is 10.2 Å². The molecule has 1 rings (SSSR count). The molecule has 1 aromatic carbocycles. The summed E-state index contributed by atoms with van der Waals surface area (Å²) in [7, 11) is 0. The van der Waals surface area contributed by atoms with Crippen LogP contribution < -0.4 is 5.32 Å². The molecule has 1 atom stereocenters. The molecule has 15 heavy (non-hydrogen) atoms. The number of nitrogens with one attached hydrogen (secondary N) is 1. The lowest BCUT2D eigenvalue weighted by atomic mass is 10.2. The third-order valence-electron chi connectivity index (χ3n) is 2.08. The molecule has 3 N–H and O–H groups in total. The van der Waals surface area contributed by atoms with Gasteiger partial charge in [0, 0.05) is 18.0 Å². The molecule has 0 amide bonds. The van der Waals surface area contributed by atoms with Gasteiger partial charge in [0.05, 0.1) is 12.7 Å². The lowest BCUT2D eigenvalue weighted by Gasteiger charge is -2.08. The monoisotopic (exact) mass is 227 g/mol. The van der Waals surface area contributed by atoms with Crippen LogP contribution in [0.15, 0.2) is 29.2 Å². The van der Waals surface area contributed by atoms with E-state index >= 15 is 0 Å². The Bertz CT molecular complexity index is 276. The van der Waals surface area contributed by atoms with E-state index in [0.29, 0.717) is 13.1 Å². The second kappa shape index (κ2) is 6.85. The molecule has 0 spiro atoms. The van der Waals surface area contributed by atoms with Gasteiger partial charge in [-0.05, 0) is 24.0 Å². The highest BCUT2D eigenvalue weighted by Crippen LogP contribution is 2.14. The molecule has 3 nitrogen and oxygen atoms in total. The first-order valence-corrected chi connectivity index (χ1v) is 6.11.